The van der Waals surface area contributed by atoms with Crippen molar-refractivity contribution in [2.45, 2.75) is 101 Å². The molecule has 4 rings (SSSR count). The number of primary amides is 1. The normalized spacial score (nSPS) is 35.7. The number of fused-ring (bicyclic) bond motifs is 1. The summed E-state index contributed by atoms with van der Waals surface area (Å²) in [5.41, 5.74) is 11.5. The fraction of sp³-hybridized carbons (Fsp3) is 0.857. The van der Waals surface area contributed by atoms with Crippen molar-refractivity contribution in [1.29, 1.82) is 5.41 Å². The first kappa shape index (κ1) is 28.8. The van der Waals surface area contributed by atoms with Crippen LogP contribution in [0.3, 0.4) is 0 Å². The van der Waals surface area contributed by atoms with E-state index in [0.717, 1.165) is 83.6 Å². The highest BCUT2D eigenvalue weighted by atomic mass is 16.5. The van der Waals surface area contributed by atoms with Gasteiger partial charge in [0.05, 0.1) is 18.0 Å². The van der Waals surface area contributed by atoms with Crippen molar-refractivity contribution in [3.05, 3.63) is 0 Å². The van der Waals surface area contributed by atoms with Gasteiger partial charge in [-0.05, 0) is 88.9 Å². The second kappa shape index (κ2) is 12.8. The Labute approximate surface area is 227 Å². The Balaban J connectivity index is 1.39. The minimum atomic E-state index is -0.195. The summed E-state index contributed by atoms with van der Waals surface area (Å²) in [6, 6.07) is 0.138. The highest BCUT2D eigenvalue weighted by Crippen LogP contribution is 2.43. The number of carbonyl (C=O) groups is 3. The van der Waals surface area contributed by atoms with E-state index in [-0.39, 0.29) is 66.2 Å². The van der Waals surface area contributed by atoms with Crippen LogP contribution >= 0.6 is 0 Å². The molecule has 0 spiro atoms. The third-order valence-electron chi connectivity index (χ3n) is 9.68. The smallest absolute Gasteiger partial charge is 0.248 e. The Morgan fingerprint density at radius 3 is 2.32 bits per heavy atom. The van der Waals surface area contributed by atoms with Crippen LogP contribution in [0.1, 0.15) is 77.0 Å². The molecule has 0 aromatic heterocycles. The van der Waals surface area contributed by atoms with E-state index in [2.05, 4.69) is 10.2 Å². The standard InChI is InChI=1S/C28H48N6O4/c1-33(2)25(35)16-38-22-5-3-4-21(14-22)32-28(37)24-12-19-10-11-20(26(29)30)13-23(19)34(24)15-17-6-8-18(9-7-17)27(31)36/h17-24H,3-16H2,1-2H3,(H3,29,30)(H2,31,36)(H,32,37). The molecular weight excluding hydrogens is 484 g/mol. The molecule has 3 aliphatic carbocycles. The van der Waals surface area contributed by atoms with E-state index in [9.17, 15) is 14.4 Å². The Hall–Kier alpha value is -2.20. The Kier molecular flexibility index (Phi) is 9.68. The van der Waals surface area contributed by atoms with Crippen molar-refractivity contribution < 1.29 is 19.1 Å². The summed E-state index contributed by atoms with van der Waals surface area (Å²) in [5.74, 6) is 1.07. The lowest BCUT2D eigenvalue weighted by Crippen LogP contribution is -2.52. The zero-order valence-electron chi connectivity index (χ0n) is 23.2. The van der Waals surface area contributed by atoms with Gasteiger partial charge in [0.2, 0.25) is 17.7 Å². The maximum atomic E-state index is 13.7. The van der Waals surface area contributed by atoms with Gasteiger partial charge in [0.15, 0.2) is 0 Å². The largest absolute Gasteiger partial charge is 0.387 e. The van der Waals surface area contributed by atoms with Crippen LogP contribution in [0.15, 0.2) is 0 Å². The van der Waals surface area contributed by atoms with E-state index >= 15 is 0 Å². The van der Waals surface area contributed by atoms with Gasteiger partial charge < -0.3 is 26.4 Å². The van der Waals surface area contributed by atoms with E-state index in [1.54, 1.807) is 14.1 Å². The van der Waals surface area contributed by atoms with Crippen LogP contribution in [0, 0.1) is 29.1 Å². The van der Waals surface area contributed by atoms with Gasteiger partial charge in [-0.15, -0.1) is 0 Å². The number of rotatable bonds is 9. The van der Waals surface area contributed by atoms with Crippen molar-refractivity contribution in [2.75, 3.05) is 27.2 Å². The monoisotopic (exact) mass is 532 g/mol. The van der Waals surface area contributed by atoms with Gasteiger partial charge in [0, 0.05) is 44.6 Å². The summed E-state index contributed by atoms with van der Waals surface area (Å²) in [5, 5.41) is 11.4. The molecule has 10 heteroatoms. The molecule has 3 saturated carbocycles. The van der Waals surface area contributed by atoms with Crippen LogP contribution in [0.4, 0.5) is 0 Å². The van der Waals surface area contributed by atoms with E-state index < -0.39 is 0 Å². The zero-order valence-corrected chi connectivity index (χ0v) is 23.2. The molecule has 1 saturated heterocycles. The third-order valence-corrected chi connectivity index (χ3v) is 9.68. The first-order valence-electron chi connectivity index (χ1n) is 14.6. The van der Waals surface area contributed by atoms with Crippen molar-refractivity contribution in [3.8, 4) is 0 Å². The molecule has 0 radical (unpaired) electrons. The number of ether oxygens (including phenoxy) is 1. The molecule has 6 unspecified atom stereocenters. The molecule has 6 atom stereocenters. The first-order valence-corrected chi connectivity index (χ1v) is 14.6. The minimum absolute atomic E-state index is 0.0167. The number of nitrogens with one attached hydrogen (secondary N) is 2. The summed E-state index contributed by atoms with van der Waals surface area (Å²) in [7, 11) is 3.45. The molecule has 4 aliphatic rings. The fourth-order valence-electron chi connectivity index (χ4n) is 7.32. The van der Waals surface area contributed by atoms with Crippen LogP contribution in [0.25, 0.3) is 0 Å². The average Bonchev–Trinajstić information content (AvgIpc) is 3.25. The number of hydrogen-bond donors (Lipinski definition) is 4. The van der Waals surface area contributed by atoms with Gasteiger partial charge in [-0.3, -0.25) is 24.7 Å². The predicted molar refractivity (Wildman–Crippen MR) is 145 cm³/mol. The van der Waals surface area contributed by atoms with Gasteiger partial charge in [0.1, 0.15) is 6.61 Å². The second-order valence-electron chi connectivity index (χ2n) is 12.5. The van der Waals surface area contributed by atoms with Crippen LogP contribution in [0.5, 0.6) is 0 Å². The van der Waals surface area contributed by atoms with Crippen LogP contribution in [-0.2, 0) is 19.1 Å². The summed E-state index contributed by atoms with van der Waals surface area (Å²) < 4.78 is 5.88. The van der Waals surface area contributed by atoms with Crippen molar-refractivity contribution >= 4 is 23.6 Å². The quantitative estimate of drug-likeness (QED) is 0.261. The fourth-order valence-corrected chi connectivity index (χ4v) is 7.32. The molecule has 0 bridgehead atoms. The highest BCUT2D eigenvalue weighted by Gasteiger charge is 2.48. The molecule has 4 fully saturated rings. The Bertz CT molecular complexity index is 873. The lowest BCUT2D eigenvalue weighted by molar-refractivity contribution is -0.137. The maximum Gasteiger partial charge on any atom is 0.248 e. The van der Waals surface area contributed by atoms with Gasteiger partial charge >= 0.3 is 0 Å². The third kappa shape index (κ3) is 7.05. The number of carbonyl (C=O) groups excluding carboxylic acids is 3. The van der Waals surface area contributed by atoms with Crippen LogP contribution in [-0.4, -0.2) is 84.8 Å². The SMILES string of the molecule is CN(C)C(=O)COC1CCCC(NC(=O)C2CC3CCC(C(=N)N)CC3N2CC2CCC(C(N)=O)CC2)C1. The second-order valence-corrected chi connectivity index (χ2v) is 12.5. The van der Waals surface area contributed by atoms with E-state index in [1.807, 2.05) is 0 Å². The minimum Gasteiger partial charge on any atom is -0.387 e. The average molecular weight is 533 g/mol. The van der Waals surface area contributed by atoms with Gasteiger partial charge in [-0.1, -0.05) is 0 Å². The molecule has 214 valence electrons. The summed E-state index contributed by atoms with van der Waals surface area (Å²) in [6.45, 7) is 0.922. The number of amidine groups is 1. The molecule has 1 aliphatic heterocycles. The van der Waals surface area contributed by atoms with Crippen molar-refractivity contribution in [1.82, 2.24) is 15.1 Å². The topological polar surface area (TPSA) is 155 Å². The number of likely N-dealkylation sites (tertiary alicyclic amines) is 1. The molecular formula is C28H48N6O4. The van der Waals surface area contributed by atoms with Gasteiger partial charge in [0.25, 0.3) is 0 Å². The number of amides is 3. The van der Waals surface area contributed by atoms with Crippen LogP contribution in [0.2, 0.25) is 0 Å². The molecule has 6 N–H and O–H groups in total. The molecule has 1 heterocycles. The number of nitrogens with zero attached hydrogens (tertiary/aromatic N) is 2. The summed E-state index contributed by atoms with van der Waals surface area (Å²) >= 11 is 0. The van der Waals surface area contributed by atoms with Crippen molar-refractivity contribution in [3.63, 3.8) is 0 Å². The van der Waals surface area contributed by atoms with E-state index in [1.165, 1.54) is 4.90 Å². The predicted octanol–water partition coefficient (Wildman–Crippen LogP) is 1.61. The zero-order chi connectivity index (χ0) is 27.4. The maximum absolute atomic E-state index is 13.7. The first-order chi connectivity index (χ1) is 18.1. The van der Waals surface area contributed by atoms with Gasteiger partial charge in [-0.2, -0.15) is 0 Å². The number of likely N-dealkylation sites (N-methyl/N-ethyl adjacent to an activating group) is 1. The summed E-state index contributed by atoms with van der Waals surface area (Å²) in [4.78, 5) is 41.3. The Morgan fingerprint density at radius 1 is 0.947 bits per heavy atom. The molecule has 38 heavy (non-hydrogen) atoms. The molecule has 0 aromatic rings. The summed E-state index contributed by atoms with van der Waals surface area (Å²) in [6.07, 6.45) is 10.7. The van der Waals surface area contributed by atoms with Gasteiger partial charge in [-0.25, -0.2) is 0 Å². The lowest BCUT2D eigenvalue weighted by Gasteiger charge is -2.40. The highest BCUT2D eigenvalue weighted by molar-refractivity contribution is 5.83. The Morgan fingerprint density at radius 2 is 1.66 bits per heavy atom. The molecule has 3 amide bonds. The molecule has 10 nitrogen and oxygen atoms in total. The van der Waals surface area contributed by atoms with E-state index in [0.29, 0.717) is 11.8 Å². The molecule has 0 aromatic carbocycles. The van der Waals surface area contributed by atoms with Crippen LogP contribution < -0.4 is 16.8 Å². The number of hydrogen-bond acceptors (Lipinski definition) is 6. The van der Waals surface area contributed by atoms with E-state index in [4.69, 9.17) is 21.6 Å². The van der Waals surface area contributed by atoms with Crippen molar-refractivity contribution in [2.24, 2.45) is 35.1 Å². The number of nitrogens with two attached hydrogens (primary N) is 2. The lowest BCUT2D eigenvalue weighted by atomic mass is 9.77.